The van der Waals surface area contributed by atoms with Gasteiger partial charge in [-0.25, -0.2) is 0 Å². The second kappa shape index (κ2) is 7.47. The van der Waals surface area contributed by atoms with Crippen molar-refractivity contribution < 1.29 is 14.3 Å². The van der Waals surface area contributed by atoms with Crippen LogP contribution in [0.25, 0.3) is 0 Å². The molecule has 1 N–H and O–H groups in total. The van der Waals surface area contributed by atoms with E-state index in [2.05, 4.69) is 18.3 Å². The minimum absolute atomic E-state index is 0.139. The van der Waals surface area contributed by atoms with E-state index in [1.54, 1.807) is 25.3 Å². The van der Waals surface area contributed by atoms with Crippen molar-refractivity contribution in [2.24, 2.45) is 5.92 Å². The summed E-state index contributed by atoms with van der Waals surface area (Å²) < 4.78 is 11.0. The summed E-state index contributed by atoms with van der Waals surface area (Å²) in [4.78, 5) is 12.7. The van der Waals surface area contributed by atoms with Crippen LogP contribution >= 0.6 is 0 Å². The number of hydrogen-bond acceptors (Lipinski definition) is 4. The van der Waals surface area contributed by atoms with Gasteiger partial charge in [-0.2, -0.15) is 5.26 Å². The first-order valence-electron chi connectivity index (χ1n) is 8.08. The Morgan fingerprint density at radius 2 is 2.30 bits per heavy atom. The molecule has 0 bridgehead atoms. The van der Waals surface area contributed by atoms with E-state index in [1.807, 2.05) is 6.92 Å². The standard InChI is InChI=1S/C18H24N2O3/c1-4-23-16-8-7-15(10-14(16)12-19)20-17(21)18(22-3)9-5-6-13(2)11-18/h7-8,10,13H,4-6,9,11H2,1-3H3,(H,20,21)/t13-,18+/m0/s1. The molecule has 1 saturated carbocycles. The minimum atomic E-state index is -0.775. The summed E-state index contributed by atoms with van der Waals surface area (Å²) in [5.74, 6) is 0.852. The number of methoxy groups -OCH3 is 1. The average molecular weight is 316 g/mol. The lowest BCUT2D eigenvalue weighted by Crippen LogP contribution is -2.47. The molecule has 2 rings (SSSR count). The molecule has 0 saturated heterocycles. The van der Waals surface area contributed by atoms with Crippen LogP contribution in [0.2, 0.25) is 0 Å². The Morgan fingerprint density at radius 3 is 2.91 bits per heavy atom. The Labute approximate surface area is 137 Å². The van der Waals surface area contributed by atoms with Crippen LogP contribution in [0, 0.1) is 17.2 Å². The lowest BCUT2D eigenvalue weighted by atomic mass is 9.78. The van der Waals surface area contributed by atoms with Crippen molar-refractivity contribution in [2.75, 3.05) is 19.0 Å². The van der Waals surface area contributed by atoms with Gasteiger partial charge in [-0.05, 0) is 50.3 Å². The van der Waals surface area contributed by atoms with Crippen molar-refractivity contribution in [3.05, 3.63) is 23.8 Å². The van der Waals surface area contributed by atoms with Crippen molar-refractivity contribution in [3.63, 3.8) is 0 Å². The van der Waals surface area contributed by atoms with E-state index in [9.17, 15) is 10.1 Å². The van der Waals surface area contributed by atoms with Crippen molar-refractivity contribution in [2.45, 2.75) is 45.1 Å². The van der Waals surface area contributed by atoms with E-state index in [0.29, 0.717) is 29.5 Å². The van der Waals surface area contributed by atoms with Crippen LogP contribution in [-0.2, 0) is 9.53 Å². The highest BCUT2D eigenvalue weighted by Crippen LogP contribution is 2.36. The van der Waals surface area contributed by atoms with E-state index >= 15 is 0 Å². The number of hydrogen-bond donors (Lipinski definition) is 1. The third-order valence-corrected chi connectivity index (χ3v) is 4.42. The summed E-state index contributed by atoms with van der Waals surface area (Å²) >= 11 is 0. The number of nitriles is 1. The third-order valence-electron chi connectivity index (χ3n) is 4.42. The Kier molecular flexibility index (Phi) is 5.62. The van der Waals surface area contributed by atoms with Gasteiger partial charge in [0.05, 0.1) is 12.2 Å². The normalized spacial score (nSPS) is 23.8. The Bertz CT molecular complexity index is 609. The Morgan fingerprint density at radius 1 is 1.52 bits per heavy atom. The van der Waals surface area contributed by atoms with Gasteiger partial charge in [0.2, 0.25) is 0 Å². The zero-order valence-electron chi connectivity index (χ0n) is 14.0. The summed E-state index contributed by atoms with van der Waals surface area (Å²) in [6.45, 7) is 4.50. The molecule has 2 atom stereocenters. The predicted molar refractivity (Wildman–Crippen MR) is 88.3 cm³/mol. The number of anilines is 1. The van der Waals surface area contributed by atoms with Crippen LogP contribution in [-0.4, -0.2) is 25.2 Å². The molecule has 5 heteroatoms. The molecule has 1 amide bonds. The predicted octanol–water partition coefficient (Wildman–Crippen LogP) is 3.49. The SMILES string of the molecule is CCOc1ccc(NC(=O)[C@@]2(OC)CCC[C@H](C)C2)cc1C#N. The number of rotatable bonds is 5. The van der Waals surface area contributed by atoms with Gasteiger partial charge >= 0.3 is 0 Å². The fourth-order valence-electron chi connectivity index (χ4n) is 3.21. The van der Waals surface area contributed by atoms with E-state index in [1.165, 1.54) is 0 Å². The number of nitrogens with zero attached hydrogens (tertiary/aromatic N) is 1. The molecule has 0 aliphatic heterocycles. The smallest absolute Gasteiger partial charge is 0.256 e. The number of amides is 1. The van der Waals surface area contributed by atoms with E-state index < -0.39 is 5.60 Å². The van der Waals surface area contributed by atoms with Gasteiger partial charge in [0.1, 0.15) is 17.4 Å². The fraction of sp³-hybridized carbons (Fsp3) is 0.556. The second-order valence-corrected chi connectivity index (χ2v) is 6.11. The molecule has 1 aromatic rings. The number of carbonyl (C=O) groups is 1. The number of carbonyl (C=O) groups excluding carboxylic acids is 1. The first-order chi connectivity index (χ1) is 11.0. The van der Waals surface area contributed by atoms with Crippen molar-refractivity contribution in [3.8, 4) is 11.8 Å². The maximum Gasteiger partial charge on any atom is 0.256 e. The molecule has 1 fully saturated rings. The topological polar surface area (TPSA) is 71.3 Å². The molecule has 23 heavy (non-hydrogen) atoms. The van der Waals surface area contributed by atoms with Crippen molar-refractivity contribution in [1.29, 1.82) is 5.26 Å². The highest BCUT2D eigenvalue weighted by molar-refractivity contribution is 5.97. The molecule has 0 unspecified atom stereocenters. The van der Waals surface area contributed by atoms with E-state index in [4.69, 9.17) is 9.47 Å². The zero-order chi connectivity index (χ0) is 16.9. The summed E-state index contributed by atoms with van der Waals surface area (Å²) in [5.41, 5.74) is 0.223. The number of nitrogens with one attached hydrogen (secondary N) is 1. The molecule has 0 aromatic heterocycles. The van der Waals surface area contributed by atoms with Gasteiger partial charge in [0, 0.05) is 12.8 Å². The van der Waals surface area contributed by atoms with Crippen LogP contribution in [0.3, 0.4) is 0 Å². The monoisotopic (exact) mass is 316 g/mol. The number of benzene rings is 1. The number of ether oxygens (including phenoxy) is 2. The molecule has 0 radical (unpaired) electrons. The van der Waals surface area contributed by atoms with Crippen molar-refractivity contribution >= 4 is 11.6 Å². The molecule has 0 spiro atoms. The van der Waals surface area contributed by atoms with Gasteiger partial charge in [-0.1, -0.05) is 13.3 Å². The highest BCUT2D eigenvalue weighted by atomic mass is 16.5. The van der Waals surface area contributed by atoms with E-state index in [-0.39, 0.29) is 5.91 Å². The van der Waals surface area contributed by atoms with Gasteiger partial charge in [-0.15, -0.1) is 0 Å². The summed E-state index contributed by atoms with van der Waals surface area (Å²) in [6.07, 6.45) is 3.55. The first-order valence-corrected chi connectivity index (χ1v) is 8.08. The summed E-state index contributed by atoms with van der Waals surface area (Å²) in [6, 6.07) is 7.19. The molecule has 0 heterocycles. The van der Waals surface area contributed by atoms with Gasteiger partial charge in [0.25, 0.3) is 5.91 Å². The van der Waals surface area contributed by atoms with Crippen LogP contribution in [0.4, 0.5) is 5.69 Å². The van der Waals surface area contributed by atoms with Crippen LogP contribution < -0.4 is 10.1 Å². The Hall–Kier alpha value is -2.06. The molecule has 5 nitrogen and oxygen atoms in total. The quantitative estimate of drug-likeness (QED) is 0.902. The Balaban J connectivity index is 2.17. The van der Waals surface area contributed by atoms with E-state index in [0.717, 1.165) is 25.7 Å². The highest BCUT2D eigenvalue weighted by Gasteiger charge is 2.42. The molecule has 1 aliphatic rings. The van der Waals surface area contributed by atoms with Gasteiger partial charge in [-0.3, -0.25) is 4.79 Å². The molecular weight excluding hydrogens is 292 g/mol. The van der Waals surface area contributed by atoms with Gasteiger partial charge < -0.3 is 14.8 Å². The molecule has 1 aromatic carbocycles. The fourth-order valence-corrected chi connectivity index (χ4v) is 3.21. The second-order valence-electron chi connectivity index (χ2n) is 6.11. The van der Waals surface area contributed by atoms with Crippen LogP contribution in [0.5, 0.6) is 5.75 Å². The maximum atomic E-state index is 12.7. The molecular formula is C18H24N2O3. The van der Waals surface area contributed by atoms with Crippen LogP contribution in [0.1, 0.15) is 45.1 Å². The lowest BCUT2D eigenvalue weighted by molar-refractivity contribution is -0.143. The van der Waals surface area contributed by atoms with Crippen LogP contribution in [0.15, 0.2) is 18.2 Å². The molecule has 1 aliphatic carbocycles. The molecule has 124 valence electrons. The summed E-state index contributed by atoms with van der Waals surface area (Å²) in [5, 5.41) is 12.1. The average Bonchev–Trinajstić information content (AvgIpc) is 2.56. The minimum Gasteiger partial charge on any atom is -0.492 e. The largest absolute Gasteiger partial charge is 0.492 e. The third kappa shape index (κ3) is 3.83. The van der Waals surface area contributed by atoms with Crippen molar-refractivity contribution in [1.82, 2.24) is 0 Å². The lowest BCUT2D eigenvalue weighted by Gasteiger charge is -2.37. The van der Waals surface area contributed by atoms with Gasteiger partial charge in [0.15, 0.2) is 0 Å². The zero-order valence-corrected chi connectivity index (χ0v) is 14.0. The first kappa shape index (κ1) is 17.3. The maximum absolute atomic E-state index is 12.7. The summed E-state index contributed by atoms with van der Waals surface area (Å²) in [7, 11) is 1.59.